The van der Waals surface area contributed by atoms with Crippen LogP contribution in [0.3, 0.4) is 0 Å². The second-order valence-electron chi connectivity index (χ2n) is 5.37. The largest absolute Gasteiger partial charge is 0.382 e. The average molecular weight is 267 g/mol. The molecule has 0 atom stereocenters. The minimum Gasteiger partial charge on any atom is -0.382 e. The normalized spacial score (nSPS) is 16.9. The molecule has 0 amide bonds. The number of hydrogen-bond acceptors (Lipinski definition) is 2. The molecule has 100 valence electrons. The Kier molecular flexibility index (Phi) is 4.50. The van der Waals surface area contributed by atoms with Crippen LogP contribution in [-0.4, -0.2) is 11.0 Å². The zero-order valence-electron chi connectivity index (χ0n) is 11.6. The third kappa shape index (κ3) is 2.80. The third-order valence-electron chi connectivity index (χ3n) is 4.08. The first-order valence-corrected chi connectivity index (χ1v) is 7.46. The molecule has 0 spiro atoms. The summed E-state index contributed by atoms with van der Waals surface area (Å²) in [6, 6.07) is 0.612. The first-order valence-electron chi connectivity index (χ1n) is 6.92. The molecule has 0 aromatic carbocycles. The molecule has 1 aliphatic carbocycles. The Morgan fingerprint density at radius 3 is 2.39 bits per heavy atom. The van der Waals surface area contributed by atoms with Crippen molar-refractivity contribution >= 4 is 17.3 Å². The first kappa shape index (κ1) is 13.7. The molecule has 1 aliphatic rings. The van der Waals surface area contributed by atoms with Gasteiger partial charge in [0.05, 0.1) is 5.88 Å². The lowest BCUT2D eigenvalue weighted by molar-refractivity contribution is 0.462. The Labute approximate surface area is 115 Å². The van der Waals surface area contributed by atoms with Gasteiger partial charge < -0.3 is 5.32 Å². The average Bonchev–Trinajstić information content (AvgIpc) is 2.37. The molecule has 1 N–H and O–H groups in total. The lowest BCUT2D eigenvalue weighted by Crippen LogP contribution is -2.24. The van der Waals surface area contributed by atoms with Gasteiger partial charge in [-0.3, -0.25) is 4.98 Å². The SMILES string of the molecule is Cc1nc(C)c(CCl)c(NC2CCCCC2)c1C. The van der Waals surface area contributed by atoms with Crippen LogP contribution in [0.15, 0.2) is 0 Å². The summed E-state index contributed by atoms with van der Waals surface area (Å²) in [5.41, 5.74) is 5.83. The van der Waals surface area contributed by atoms with Crippen molar-refractivity contribution in [2.75, 3.05) is 5.32 Å². The monoisotopic (exact) mass is 266 g/mol. The lowest BCUT2D eigenvalue weighted by Gasteiger charge is -2.27. The number of halogens is 1. The van der Waals surface area contributed by atoms with Gasteiger partial charge in [-0.2, -0.15) is 0 Å². The quantitative estimate of drug-likeness (QED) is 0.816. The highest BCUT2D eigenvalue weighted by Gasteiger charge is 2.18. The Morgan fingerprint density at radius 2 is 1.78 bits per heavy atom. The van der Waals surface area contributed by atoms with E-state index in [0.29, 0.717) is 11.9 Å². The van der Waals surface area contributed by atoms with E-state index in [1.165, 1.54) is 48.9 Å². The van der Waals surface area contributed by atoms with Crippen LogP contribution in [0.5, 0.6) is 0 Å². The summed E-state index contributed by atoms with van der Waals surface area (Å²) in [7, 11) is 0. The molecule has 18 heavy (non-hydrogen) atoms. The van der Waals surface area contributed by atoms with E-state index < -0.39 is 0 Å². The highest BCUT2D eigenvalue weighted by molar-refractivity contribution is 6.17. The molecular formula is C15H23ClN2. The maximum absolute atomic E-state index is 6.10. The van der Waals surface area contributed by atoms with Crippen LogP contribution in [0.25, 0.3) is 0 Å². The summed E-state index contributed by atoms with van der Waals surface area (Å²) in [4.78, 5) is 4.57. The zero-order chi connectivity index (χ0) is 13.1. The van der Waals surface area contributed by atoms with Crippen molar-refractivity contribution in [2.45, 2.75) is 64.8 Å². The standard InChI is InChI=1S/C15H23ClN2/c1-10-11(2)17-12(3)14(9-16)15(10)18-13-7-5-4-6-8-13/h13H,4-9H2,1-3H3,(H,17,18). The number of pyridine rings is 1. The minimum absolute atomic E-state index is 0.537. The van der Waals surface area contributed by atoms with Crippen molar-refractivity contribution in [1.29, 1.82) is 0 Å². The van der Waals surface area contributed by atoms with E-state index >= 15 is 0 Å². The zero-order valence-corrected chi connectivity index (χ0v) is 12.4. The highest BCUT2D eigenvalue weighted by atomic mass is 35.5. The van der Waals surface area contributed by atoms with Crippen molar-refractivity contribution < 1.29 is 0 Å². The van der Waals surface area contributed by atoms with Crippen LogP contribution in [0.1, 0.15) is 54.6 Å². The Balaban J connectivity index is 2.29. The van der Waals surface area contributed by atoms with Gasteiger partial charge in [0.2, 0.25) is 0 Å². The summed E-state index contributed by atoms with van der Waals surface area (Å²) < 4.78 is 0. The lowest BCUT2D eigenvalue weighted by atomic mass is 9.94. The van der Waals surface area contributed by atoms with E-state index in [1.54, 1.807) is 0 Å². The Hall–Kier alpha value is -0.760. The van der Waals surface area contributed by atoms with Crippen LogP contribution in [0, 0.1) is 20.8 Å². The predicted octanol–water partition coefficient (Wildman–Crippen LogP) is 4.49. The third-order valence-corrected chi connectivity index (χ3v) is 4.35. The molecule has 0 saturated heterocycles. The number of aryl methyl sites for hydroxylation is 2. The van der Waals surface area contributed by atoms with Gasteiger partial charge in [0.15, 0.2) is 0 Å². The molecule has 1 heterocycles. The molecule has 0 bridgehead atoms. The maximum Gasteiger partial charge on any atom is 0.0512 e. The van der Waals surface area contributed by atoms with Crippen LogP contribution >= 0.6 is 11.6 Å². The molecule has 0 radical (unpaired) electrons. The van der Waals surface area contributed by atoms with E-state index in [0.717, 1.165) is 11.4 Å². The molecule has 1 fully saturated rings. The molecule has 0 unspecified atom stereocenters. The van der Waals surface area contributed by atoms with Crippen LogP contribution < -0.4 is 5.32 Å². The molecular weight excluding hydrogens is 244 g/mol. The number of rotatable bonds is 3. The van der Waals surface area contributed by atoms with Crippen molar-refractivity contribution in [3.63, 3.8) is 0 Å². The first-order chi connectivity index (χ1) is 8.63. The molecule has 2 rings (SSSR count). The fourth-order valence-corrected chi connectivity index (χ4v) is 3.13. The van der Waals surface area contributed by atoms with Gasteiger partial charge in [0.1, 0.15) is 0 Å². The summed E-state index contributed by atoms with van der Waals surface area (Å²) >= 11 is 6.10. The summed E-state index contributed by atoms with van der Waals surface area (Å²) in [5, 5.41) is 3.73. The van der Waals surface area contributed by atoms with Gasteiger partial charge in [0.25, 0.3) is 0 Å². The minimum atomic E-state index is 0.537. The van der Waals surface area contributed by atoms with Crippen LogP contribution in [0.2, 0.25) is 0 Å². The number of alkyl halides is 1. The highest BCUT2D eigenvalue weighted by Crippen LogP contribution is 2.30. The number of nitrogens with one attached hydrogen (secondary N) is 1. The van der Waals surface area contributed by atoms with E-state index in [9.17, 15) is 0 Å². The van der Waals surface area contributed by atoms with Gasteiger partial charge in [-0.15, -0.1) is 11.6 Å². The van der Waals surface area contributed by atoms with Gasteiger partial charge in [-0.05, 0) is 39.2 Å². The summed E-state index contributed by atoms with van der Waals surface area (Å²) in [6.07, 6.45) is 6.63. The van der Waals surface area contributed by atoms with Crippen molar-refractivity contribution in [2.24, 2.45) is 0 Å². The van der Waals surface area contributed by atoms with Gasteiger partial charge >= 0.3 is 0 Å². The summed E-state index contributed by atoms with van der Waals surface area (Å²) in [6.45, 7) is 6.27. The maximum atomic E-state index is 6.10. The number of nitrogens with zero attached hydrogens (tertiary/aromatic N) is 1. The number of aromatic nitrogens is 1. The molecule has 1 saturated carbocycles. The van der Waals surface area contributed by atoms with E-state index in [4.69, 9.17) is 11.6 Å². The van der Waals surface area contributed by atoms with Crippen molar-refractivity contribution in [1.82, 2.24) is 4.98 Å². The smallest absolute Gasteiger partial charge is 0.0512 e. The predicted molar refractivity (Wildman–Crippen MR) is 78.5 cm³/mol. The Bertz CT molecular complexity index is 423. The fourth-order valence-electron chi connectivity index (χ4n) is 2.80. The van der Waals surface area contributed by atoms with Crippen LogP contribution in [0.4, 0.5) is 5.69 Å². The van der Waals surface area contributed by atoms with Gasteiger partial charge in [-0.25, -0.2) is 0 Å². The molecule has 3 heteroatoms. The fraction of sp³-hybridized carbons (Fsp3) is 0.667. The topological polar surface area (TPSA) is 24.9 Å². The number of anilines is 1. The van der Waals surface area contributed by atoms with E-state index in [2.05, 4.69) is 31.1 Å². The van der Waals surface area contributed by atoms with Gasteiger partial charge in [0, 0.05) is 28.7 Å². The van der Waals surface area contributed by atoms with Crippen molar-refractivity contribution in [3.05, 3.63) is 22.5 Å². The molecule has 2 nitrogen and oxygen atoms in total. The Morgan fingerprint density at radius 1 is 1.11 bits per heavy atom. The molecule has 1 aromatic heterocycles. The second-order valence-corrected chi connectivity index (χ2v) is 5.64. The van der Waals surface area contributed by atoms with Crippen molar-refractivity contribution in [3.8, 4) is 0 Å². The second kappa shape index (κ2) is 5.92. The molecule has 0 aliphatic heterocycles. The van der Waals surface area contributed by atoms with E-state index in [-0.39, 0.29) is 0 Å². The number of hydrogen-bond donors (Lipinski definition) is 1. The van der Waals surface area contributed by atoms with E-state index in [1.807, 2.05) is 0 Å². The van der Waals surface area contributed by atoms with Crippen LogP contribution in [-0.2, 0) is 5.88 Å². The summed E-state index contributed by atoms with van der Waals surface area (Å²) in [5.74, 6) is 0.537. The van der Waals surface area contributed by atoms with Gasteiger partial charge in [-0.1, -0.05) is 19.3 Å². The molecule has 1 aromatic rings.